The van der Waals surface area contributed by atoms with Crippen molar-refractivity contribution >= 4 is 5.91 Å². The Bertz CT molecular complexity index is 335. The van der Waals surface area contributed by atoms with Gasteiger partial charge >= 0.3 is 0 Å². The number of likely N-dealkylation sites (N-methyl/N-ethyl adjacent to an activating group) is 1. The first-order valence-electron chi connectivity index (χ1n) is 8.11. The molecule has 0 radical (unpaired) electrons. The van der Waals surface area contributed by atoms with Crippen molar-refractivity contribution < 1.29 is 4.79 Å². The minimum atomic E-state index is 0.162. The molecule has 114 valence electrons. The summed E-state index contributed by atoms with van der Waals surface area (Å²) in [4.78, 5) is 14.1. The van der Waals surface area contributed by atoms with Gasteiger partial charge in [-0.2, -0.15) is 0 Å². The molecule has 1 amide bonds. The van der Waals surface area contributed by atoms with Crippen LogP contribution in [-0.4, -0.2) is 50.1 Å². The van der Waals surface area contributed by atoms with Gasteiger partial charge in [0.05, 0.1) is 6.54 Å². The van der Waals surface area contributed by atoms with Crippen LogP contribution in [0.1, 0.15) is 44.9 Å². The molecule has 0 spiro atoms. The summed E-state index contributed by atoms with van der Waals surface area (Å²) < 4.78 is 0. The standard InChI is InChI=1S/C16H29N3O/c1-19(15-8-5-10-17-12-15)13-16(20)18-11-9-14-6-3-2-4-7-14/h6,15,17H,2-5,7-13H2,1H3,(H,18,20). The quantitative estimate of drug-likeness (QED) is 0.727. The highest BCUT2D eigenvalue weighted by molar-refractivity contribution is 5.78. The Kier molecular flexibility index (Phi) is 6.54. The van der Waals surface area contributed by atoms with E-state index in [2.05, 4.69) is 28.7 Å². The number of rotatable bonds is 6. The van der Waals surface area contributed by atoms with Gasteiger partial charge in [0.15, 0.2) is 0 Å². The monoisotopic (exact) mass is 279 g/mol. The normalized spacial score (nSPS) is 23.5. The average molecular weight is 279 g/mol. The van der Waals surface area contributed by atoms with E-state index in [0.29, 0.717) is 12.6 Å². The van der Waals surface area contributed by atoms with Crippen molar-refractivity contribution in [2.24, 2.45) is 0 Å². The lowest BCUT2D eigenvalue weighted by atomic mass is 9.97. The van der Waals surface area contributed by atoms with Crippen LogP contribution in [0.2, 0.25) is 0 Å². The summed E-state index contributed by atoms with van der Waals surface area (Å²) in [6.07, 6.45) is 10.9. The molecule has 1 aliphatic heterocycles. The van der Waals surface area contributed by atoms with Crippen molar-refractivity contribution in [3.05, 3.63) is 11.6 Å². The van der Waals surface area contributed by atoms with Crippen LogP contribution >= 0.6 is 0 Å². The number of allylic oxidation sites excluding steroid dienone is 1. The number of piperidine rings is 1. The molecule has 1 heterocycles. The molecule has 1 atom stereocenters. The predicted molar refractivity (Wildman–Crippen MR) is 82.7 cm³/mol. The number of carbonyl (C=O) groups is 1. The Morgan fingerprint density at radius 1 is 1.45 bits per heavy atom. The van der Waals surface area contributed by atoms with E-state index in [9.17, 15) is 4.79 Å². The number of carbonyl (C=O) groups excluding carboxylic acids is 1. The zero-order valence-corrected chi connectivity index (χ0v) is 12.8. The Hall–Kier alpha value is -0.870. The zero-order valence-electron chi connectivity index (χ0n) is 12.8. The third-order valence-corrected chi connectivity index (χ3v) is 4.44. The summed E-state index contributed by atoms with van der Waals surface area (Å²) >= 11 is 0. The fraction of sp³-hybridized carbons (Fsp3) is 0.812. The molecule has 4 nitrogen and oxygen atoms in total. The van der Waals surface area contributed by atoms with Gasteiger partial charge in [-0.05, 0) is 58.5 Å². The molecule has 2 aliphatic rings. The summed E-state index contributed by atoms with van der Waals surface area (Å²) in [5.74, 6) is 0.162. The number of hydrogen-bond donors (Lipinski definition) is 2. The number of hydrogen-bond acceptors (Lipinski definition) is 3. The van der Waals surface area contributed by atoms with Crippen molar-refractivity contribution in [1.82, 2.24) is 15.5 Å². The van der Waals surface area contributed by atoms with E-state index in [4.69, 9.17) is 0 Å². The Morgan fingerprint density at radius 2 is 2.35 bits per heavy atom. The first-order chi connectivity index (χ1) is 9.75. The Labute approximate surface area is 123 Å². The van der Waals surface area contributed by atoms with Crippen LogP contribution < -0.4 is 10.6 Å². The molecule has 1 unspecified atom stereocenters. The van der Waals surface area contributed by atoms with Gasteiger partial charge in [0.2, 0.25) is 5.91 Å². The lowest BCUT2D eigenvalue weighted by molar-refractivity contribution is -0.122. The Morgan fingerprint density at radius 3 is 3.05 bits per heavy atom. The van der Waals surface area contributed by atoms with Crippen LogP contribution in [0.3, 0.4) is 0 Å². The second kappa shape index (κ2) is 8.42. The van der Waals surface area contributed by atoms with E-state index in [-0.39, 0.29) is 5.91 Å². The highest BCUT2D eigenvalue weighted by Gasteiger charge is 2.19. The van der Waals surface area contributed by atoms with E-state index in [1.54, 1.807) is 0 Å². The highest BCUT2D eigenvalue weighted by atomic mass is 16.2. The van der Waals surface area contributed by atoms with E-state index in [1.807, 2.05) is 0 Å². The zero-order chi connectivity index (χ0) is 14.2. The van der Waals surface area contributed by atoms with Gasteiger partial charge in [-0.25, -0.2) is 0 Å². The van der Waals surface area contributed by atoms with E-state index in [1.165, 1.54) is 44.1 Å². The summed E-state index contributed by atoms with van der Waals surface area (Å²) in [5, 5.41) is 6.45. The largest absolute Gasteiger partial charge is 0.355 e. The first kappa shape index (κ1) is 15.5. The number of nitrogens with zero attached hydrogens (tertiary/aromatic N) is 1. The van der Waals surface area contributed by atoms with Crippen LogP contribution in [0.4, 0.5) is 0 Å². The van der Waals surface area contributed by atoms with Gasteiger partial charge in [-0.3, -0.25) is 9.69 Å². The SMILES string of the molecule is CN(CC(=O)NCCC1=CCCCC1)C1CCCNC1. The van der Waals surface area contributed by atoms with Crippen molar-refractivity contribution in [3.63, 3.8) is 0 Å². The van der Waals surface area contributed by atoms with Gasteiger partial charge in [0.1, 0.15) is 0 Å². The van der Waals surface area contributed by atoms with Gasteiger partial charge in [0.25, 0.3) is 0 Å². The maximum Gasteiger partial charge on any atom is 0.234 e. The molecule has 0 aromatic carbocycles. The van der Waals surface area contributed by atoms with E-state index >= 15 is 0 Å². The molecule has 0 aromatic rings. The minimum Gasteiger partial charge on any atom is -0.355 e. The molecule has 2 N–H and O–H groups in total. The maximum absolute atomic E-state index is 11.9. The summed E-state index contributed by atoms with van der Waals surface area (Å²) in [6.45, 7) is 3.44. The van der Waals surface area contributed by atoms with Crippen LogP contribution in [0, 0.1) is 0 Å². The second-order valence-electron chi connectivity index (χ2n) is 6.12. The van der Waals surface area contributed by atoms with Crippen LogP contribution in [0.25, 0.3) is 0 Å². The molecule has 20 heavy (non-hydrogen) atoms. The van der Waals surface area contributed by atoms with Crippen molar-refractivity contribution in [2.75, 3.05) is 33.2 Å². The lowest BCUT2D eigenvalue weighted by Gasteiger charge is -2.31. The molecule has 0 aromatic heterocycles. The third-order valence-electron chi connectivity index (χ3n) is 4.44. The first-order valence-corrected chi connectivity index (χ1v) is 8.11. The fourth-order valence-corrected chi connectivity index (χ4v) is 3.12. The van der Waals surface area contributed by atoms with Crippen molar-refractivity contribution in [2.45, 2.75) is 51.0 Å². The number of nitrogens with one attached hydrogen (secondary N) is 2. The molecule has 4 heteroatoms. The van der Waals surface area contributed by atoms with Gasteiger partial charge in [-0.15, -0.1) is 0 Å². The molecular weight excluding hydrogens is 250 g/mol. The Balaban J connectivity index is 1.60. The summed E-state index contributed by atoms with van der Waals surface area (Å²) in [5.41, 5.74) is 1.53. The van der Waals surface area contributed by atoms with E-state index < -0.39 is 0 Å². The topological polar surface area (TPSA) is 44.4 Å². The second-order valence-corrected chi connectivity index (χ2v) is 6.12. The molecule has 1 fully saturated rings. The fourth-order valence-electron chi connectivity index (χ4n) is 3.12. The molecular formula is C16H29N3O. The molecule has 2 rings (SSSR count). The van der Waals surface area contributed by atoms with Gasteiger partial charge in [0, 0.05) is 19.1 Å². The smallest absolute Gasteiger partial charge is 0.234 e. The maximum atomic E-state index is 11.9. The average Bonchev–Trinajstić information content (AvgIpc) is 2.49. The molecule has 1 saturated heterocycles. The summed E-state index contributed by atoms with van der Waals surface area (Å²) in [6, 6.07) is 0.510. The van der Waals surface area contributed by atoms with E-state index in [0.717, 1.165) is 26.1 Å². The van der Waals surface area contributed by atoms with Crippen LogP contribution in [-0.2, 0) is 4.79 Å². The molecule has 1 aliphatic carbocycles. The summed E-state index contributed by atoms with van der Waals surface area (Å²) in [7, 11) is 2.06. The highest BCUT2D eigenvalue weighted by Crippen LogP contribution is 2.19. The van der Waals surface area contributed by atoms with Crippen molar-refractivity contribution in [1.29, 1.82) is 0 Å². The van der Waals surface area contributed by atoms with Crippen LogP contribution in [0.5, 0.6) is 0 Å². The minimum absolute atomic E-state index is 0.162. The number of amides is 1. The molecule has 0 saturated carbocycles. The van der Waals surface area contributed by atoms with Crippen molar-refractivity contribution in [3.8, 4) is 0 Å². The third kappa shape index (κ3) is 5.25. The molecule has 0 bridgehead atoms. The van der Waals surface area contributed by atoms with Gasteiger partial charge in [-0.1, -0.05) is 11.6 Å². The van der Waals surface area contributed by atoms with Gasteiger partial charge < -0.3 is 10.6 Å². The predicted octanol–water partition coefficient (Wildman–Crippen LogP) is 1.68. The van der Waals surface area contributed by atoms with Crippen LogP contribution in [0.15, 0.2) is 11.6 Å². The lowest BCUT2D eigenvalue weighted by Crippen LogP contribution is -2.47.